The molecular formula is C13H12F3N3. The average Bonchev–Trinajstić information content (AvgIpc) is 2.37. The van der Waals surface area contributed by atoms with Gasteiger partial charge in [-0.1, -0.05) is 12.1 Å². The van der Waals surface area contributed by atoms with Crippen molar-refractivity contribution in [2.75, 3.05) is 5.73 Å². The summed E-state index contributed by atoms with van der Waals surface area (Å²) in [6.07, 6.45) is -2.88. The van der Waals surface area contributed by atoms with Crippen LogP contribution in [0.1, 0.15) is 11.1 Å². The van der Waals surface area contributed by atoms with Crippen LogP contribution in [0.25, 0.3) is 11.3 Å². The molecule has 1 aromatic carbocycles. The first-order valence-corrected chi connectivity index (χ1v) is 5.54. The van der Waals surface area contributed by atoms with Gasteiger partial charge in [0.05, 0.1) is 16.9 Å². The Labute approximate surface area is 108 Å². The van der Waals surface area contributed by atoms with Crippen LogP contribution in [0.5, 0.6) is 0 Å². The third kappa shape index (κ3) is 2.85. The maximum absolute atomic E-state index is 12.6. The van der Waals surface area contributed by atoms with E-state index in [0.29, 0.717) is 16.9 Å². The molecule has 0 aliphatic rings. The van der Waals surface area contributed by atoms with Gasteiger partial charge >= 0.3 is 6.18 Å². The van der Waals surface area contributed by atoms with E-state index >= 15 is 0 Å². The van der Waals surface area contributed by atoms with Gasteiger partial charge in [0.25, 0.3) is 0 Å². The lowest BCUT2D eigenvalue weighted by Gasteiger charge is -2.10. The van der Waals surface area contributed by atoms with E-state index in [1.807, 2.05) is 0 Å². The minimum Gasteiger partial charge on any atom is -0.397 e. The second-order valence-corrected chi connectivity index (χ2v) is 4.06. The van der Waals surface area contributed by atoms with Crippen molar-refractivity contribution in [1.29, 1.82) is 0 Å². The molecule has 1 heterocycles. The van der Waals surface area contributed by atoms with Crippen LogP contribution in [0.4, 0.5) is 18.9 Å². The molecule has 0 spiro atoms. The Bertz CT molecular complexity index is 594. The molecule has 0 saturated carbocycles. The molecule has 2 rings (SSSR count). The number of hydrogen-bond donors (Lipinski definition) is 2. The fourth-order valence-corrected chi connectivity index (χ4v) is 1.72. The quantitative estimate of drug-likeness (QED) is 0.879. The van der Waals surface area contributed by atoms with Crippen LogP contribution < -0.4 is 11.5 Å². The number of nitrogens with zero attached hydrogens (tertiary/aromatic N) is 1. The van der Waals surface area contributed by atoms with E-state index in [9.17, 15) is 13.2 Å². The predicted molar refractivity (Wildman–Crippen MR) is 67.0 cm³/mol. The zero-order chi connectivity index (χ0) is 14.0. The fourth-order valence-electron chi connectivity index (χ4n) is 1.72. The molecule has 0 bridgehead atoms. The van der Waals surface area contributed by atoms with E-state index in [2.05, 4.69) is 4.98 Å². The molecule has 0 atom stereocenters. The van der Waals surface area contributed by atoms with Gasteiger partial charge in [0, 0.05) is 18.3 Å². The molecular weight excluding hydrogens is 255 g/mol. The molecule has 6 heteroatoms. The number of alkyl halides is 3. The van der Waals surface area contributed by atoms with Crippen molar-refractivity contribution in [1.82, 2.24) is 4.98 Å². The second kappa shape index (κ2) is 4.89. The molecule has 3 nitrogen and oxygen atoms in total. The molecule has 100 valence electrons. The summed E-state index contributed by atoms with van der Waals surface area (Å²) in [6.45, 7) is 0.278. The summed E-state index contributed by atoms with van der Waals surface area (Å²) < 4.78 is 37.9. The summed E-state index contributed by atoms with van der Waals surface area (Å²) in [5.74, 6) is 0. The maximum Gasteiger partial charge on any atom is 0.416 e. The summed E-state index contributed by atoms with van der Waals surface area (Å²) in [4.78, 5) is 4.07. The van der Waals surface area contributed by atoms with Gasteiger partial charge in [0.2, 0.25) is 0 Å². The van der Waals surface area contributed by atoms with Crippen LogP contribution in [-0.2, 0) is 12.7 Å². The van der Waals surface area contributed by atoms with Gasteiger partial charge in [0.1, 0.15) is 0 Å². The molecule has 0 aliphatic carbocycles. The molecule has 4 N–H and O–H groups in total. The van der Waals surface area contributed by atoms with Crippen LogP contribution >= 0.6 is 0 Å². The van der Waals surface area contributed by atoms with Crippen LogP contribution in [0.2, 0.25) is 0 Å². The van der Waals surface area contributed by atoms with E-state index in [-0.39, 0.29) is 6.54 Å². The lowest BCUT2D eigenvalue weighted by atomic mass is 10.1. The number of nitrogen functional groups attached to an aromatic ring is 1. The van der Waals surface area contributed by atoms with Crippen LogP contribution in [0.15, 0.2) is 36.5 Å². The van der Waals surface area contributed by atoms with Gasteiger partial charge in [0.15, 0.2) is 0 Å². The number of pyridine rings is 1. The minimum absolute atomic E-state index is 0.278. The molecule has 0 amide bonds. The summed E-state index contributed by atoms with van der Waals surface area (Å²) in [6, 6.07) is 6.52. The molecule has 1 aromatic heterocycles. The molecule has 0 aliphatic heterocycles. The Morgan fingerprint density at radius 1 is 1.16 bits per heavy atom. The Hall–Kier alpha value is -2.08. The highest BCUT2D eigenvalue weighted by Gasteiger charge is 2.30. The zero-order valence-corrected chi connectivity index (χ0v) is 9.91. The predicted octanol–water partition coefficient (Wildman–Crippen LogP) is 2.81. The van der Waals surface area contributed by atoms with E-state index in [1.165, 1.54) is 18.3 Å². The van der Waals surface area contributed by atoms with Gasteiger partial charge in [-0.15, -0.1) is 0 Å². The SMILES string of the molecule is NCc1cnc(-c2cccc(C(F)(F)F)c2)c(N)c1. The average molecular weight is 267 g/mol. The Kier molecular flexibility index (Phi) is 3.44. The first kappa shape index (κ1) is 13.4. The first-order chi connectivity index (χ1) is 8.91. The third-order valence-electron chi connectivity index (χ3n) is 2.67. The Balaban J connectivity index is 2.48. The standard InChI is InChI=1S/C13H12F3N3/c14-13(15,16)10-3-1-2-9(5-10)12-11(18)4-8(6-17)7-19-12/h1-5,7H,6,17-18H2. The van der Waals surface area contributed by atoms with E-state index in [0.717, 1.165) is 17.7 Å². The van der Waals surface area contributed by atoms with Crippen molar-refractivity contribution in [2.24, 2.45) is 5.73 Å². The summed E-state index contributed by atoms with van der Waals surface area (Å²) in [5, 5.41) is 0. The molecule has 0 saturated heterocycles. The molecule has 2 aromatic rings. The van der Waals surface area contributed by atoms with E-state index in [1.54, 1.807) is 6.07 Å². The zero-order valence-electron chi connectivity index (χ0n) is 9.91. The molecule has 19 heavy (non-hydrogen) atoms. The van der Waals surface area contributed by atoms with Crippen molar-refractivity contribution in [3.63, 3.8) is 0 Å². The van der Waals surface area contributed by atoms with Crippen molar-refractivity contribution in [3.8, 4) is 11.3 Å². The van der Waals surface area contributed by atoms with Gasteiger partial charge in [-0.25, -0.2) is 0 Å². The maximum atomic E-state index is 12.6. The number of aromatic nitrogens is 1. The van der Waals surface area contributed by atoms with Crippen molar-refractivity contribution in [2.45, 2.75) is 12.7 Å². The Morgan fingerprint density at radius 2 is 1.89 bits per heavy atom. The monoisotopic (exact) mass is 267 g/mol. The van der Waals surface area contributed by atoms with Gasteiger partial charge in [-0.05, 0) is 23.8 Å². The number of halogens is 3. The summed E-state index contributed by atoms with van der Waals surface area (Å²) in [5.41, 5.74) is 12.2. The van der Waals surface area contributed by atoms with Gasteiger partial charge in [-0.2, -0.15) is 13.2 Å². The molecule has 0 radical (unpaired) electrons. The van der Waals surface area contributed by atoms with E-state index < -0.39 is 11.7 Å². The van der Waals surface area contributed by atoms with Crippen molar-refractivity contribution in [3.05, 3.63) is 47.7 Å². The highest BCUT2D eigenvalue weighted by molar-refractivity contribution is 5.73. The van der Waals surface area contributed by atoms with Gasteiger partial charge in [-0.3, -0.25) is 4.98 Å². The first-order valence-electron chi connectivity index (χ1n) is 5.54. The number of benzene rings is 1. The number of rotatable bonds is 2. The molecule has 0 unspecified atom stereocenters. The van der Waals surface area contributed by atoms with Crippen molar-refractivity contribution < 1.29 is 13.2 Å². The highest BCUT2D eigenvalue weighted by Crippen LogP contribution is 2.33. The number of anilines is 1. The van der Waals surface area contributed by atoms with Crippen LogP contribution in [0.3, 0.4) is 0 Å². The van der Waals surface area contributed by atoms with Gasteiger partial charge < -0.3 is 11.5 Å². The molecule has 0 fully saturated rings. The van der Waals surface area contributed by atoms with Crippen LogP contribution in [0, 0.1) is 0 Å². The second-order valence-electron chi connectivity index (χ2n) is 4.06. The van der Waals surface area contributed by atoms with Crippen molar-refractivity contribution >= 4 is 5.69 Å². The number of hydrogen-bond acceptors (Lipinski definition) is 3. The van der Waals surface area contributed by atoms with Crippen LogP contribution in [-0.4, -0.2) is 4.98 Å². The number of nitrogens with two attached hydrogens (primary N) is 2. The topological polar surface area (TPSA) is 64.9 Å². The smallest absolute Gasteiger partial charge is 0.397 e. The highest BCUT2D eigenvalue weighted by atomic mass is 19.4. The normalized spacial score (nSPS) is 11.6. The fraction of sp³-hybridized carbons (Fsp3) is 0.154. The minimum atomic E-state index is -4.39. The lowest BCUT2D eigenvalue weighted by molar-refractivity contribution is -0.137. The van der Waals surface area contributed by atoms with E-state index in [4.69, 9.17) is 11.5 Å². The largest absolute Gasteiger partial charge is 0.416 e. The Morgan fingerprint density at radius 3 is 2.47 bits per heavy atom. The summed E-state index contributed by atoms with van der Waals surface area (Å²) in [7, 11) is 0. The summed E-state index contributed by atoms with van der Waals surface area (Å²) >= 11 is 0. The third-order valence-corrected chi connectivity index (χ3v) is 2.67. The lowest BCUT2D eigenvalue weighted by Crippen LogP contribution is -2.05.